The Balaban J connectivity index is 1.45. The highest BCUT2D eigenvalue weighted by Gasteiger charge is 2.66. The number of carbonyl (C=O) groups excluding carboxylic acids is 2. The number of esters is 2. The van der Waals surface area contributed by atoms with Crippen molar-refractivity contribution in [3.05, 3.63) is 84.5 Å². The summed E-state index contributed by atoms with van der Waals surface area (Å²) in [5.41, 5.74) is 0.553. The van der Waals surface area contributed by atoms with E-state index in [4.69, 9.17) is 32.8 Å². The summed E-state index contributed by atoms with van der Waals surface area (Å²) in [6.07, 6.45) is 2.27. The Kier molecular flexibility index (Phi) is 12.5. The molecule has 2 unspecified atom stereocenters. The number of methoxy groups -OCH3 is 2. The fraction of sp³-hybridized carbons (Fsp3) is 0.538. The van der Waals surface area contributed by atoms with Crippen molar-refractivity contribution in [3.8, 4) is 0 Å². The first-order valence-corrected chi connectivity index (χ1v) is 19.4. The largest absolute Gasteiger partial charge is 0.466 e. The molecule has 3 aliphatic rings. The van der Waals surface area contributed by atoms with E-state index in [-0.39, 0.29) is 29.2 Å². The first-order chi connectivity index (χ1) is 24.0. The van der Waals surface area contributed by atoms with Crippen LogP contribution in [0.25, 0.3) is 0 Å². The van der Waals surface area contributed by atoms with E-state index in [0.29, 0.717) is 57.9 Å². The van der Waals surface area contributed by atoms with Gasteiger partial charge in [-0.05, 0) is 46.5 Å². The maximum Gasteiger partial charge on any atom is 0.335 e. The van der Waals surface area contributed by atoms with Gasteiger partial charge in [-0.25, -0.2) is 4.79 Å². The number of allylic oxidation sites excluding steroid dienone is 1. The molecule has 2 heterocycles. The molecule has 50 heavy (non-hydrogen) atoms. The second kappa shape index (κ2) is 16.5. The Morgan fingerprint density at radius 2 is 1.62 bits per heavy atom. The summed E-state index contributed by atoms with van der Waals surface area (Å²) >= 11 is 0. The fourth-order valence-corrected chi connectivity index (χ4v) is 12.7. The third-order valence-corrected chi connectivity index (χ3v) is 15.4. The molecule has 0 saturated carbocycles. The number of benzene rings is 2. The molecule has 2 aromatic carbocycles. The standard InChI is InChI=1S/C39H52O10Si/c1-27(36(41)44-6)35(40)34-31-18-21-47-39(34)33(25-28(31)17-20-45-26-46-24-23-43-5)32(37(42)49-39)19-22-48-50(38(2,3)4,29-13-9-7-10-14-29)30-15-11-8-12-16-30/h7-16,25,28,31-32,34-35,40H,1,17-24,26H2,2-6H3/t28-,31+,32?,34+,35?,39+/m0/s1. The van der Waals surface area contributed by atoms with E-state index in [2.05, 4.69) is 57.7 Å². The summed E-state index contributed by atoms with van der Waals surface area (Å²) in [5, 5.41) is 13.8. The lowest BCUT2D eigenvalue weighted by molar-refractivity contribution is -0.270. The minimum Gasteiger partial charge on any atom is -0.466 e. The predicted octanol–water partition coefficient (Wildman–Crippen LogP) is 4.15. The molecule has 2 saturated heterocycles. The highest BCUT2D eigenvalue weighted by Crippen LogP contribution is 2.57. The van der Waals surface area contributed by atoms with Crippen LogP contribution in [0.15, 0.2) is 84.5 Å². The number of aliphatic hydroxyl groups excluding tert-OH is 1. The smallest absolute Gasteiger partial charge is 0.335 e. The van der Waals surface area contributed by atoms with E-state index in [0.717, 1.165) is 10.4 Å². The maximum atomic E-state index is 13.9. The van der Waals surface area contributed by atoms with Crippen LogP contribution in [0.2, 0.25) is 5.04 Å². The van der Waals surface area contributed by atoms with Crippen LogP contribution >= 0.6 is 0 Å². The Hall–Kier alpha value is -3.16. The van der Waals surface area contributed by atoms with Gasteiger partial charge in [-0.2, -0.15) is 0 Å². The molecule has 10 nitrogen and oxygen atoms in total. The molecule has 6 atom stereocenters. The molecule has 2 aliphatic heterocycles. The molecule has 2 fully saturated rings. The number of ether oxygens (including phenoxy) is 6. The lowest BCUT2D eigenvalue weighted by Gasteiger charge is -2.52. The molecule has 0 aromatic heterocycles. The van der Waals surface area contributed by atoms with Crippen LogP contribution in [0.4, 0.5) is 0 Å². The van der Waals surface area contributed by atoms with Crippen LogP contribution in [0.3, 0.4) is 0 Å². The van der Waals surface area contributed by atoms with Crippen molar-refractivity contribution in [2.75, 3.05) is 54.0 Å². The predicted molar refractivity (Wildman–Crippen MR) is 190 cm³/mol. The molecular weight excluding hydrogens is 657 g/mol. The van der Waals surface area contributed by atoms with Crippen LogP contribution in [0.1, 0.15) is 40.0 Å². The maximum absolute atomic E-state index is 13.9. The summed E-state index contributed by atoms with van der Waals surface area (Å²) < 4.78 is 40.9. The SMILES string of the molecule is C=C(C(=O)OC)C(O)[C@H]1[C@@H]2CCO[C@]13OC(=O)C(CCO[Si](c1ccccc1)(c1ccccc1)C(C)(C)C)C3=C[C@@H]2CCOCOCCOC. The van der Waals surface area contributed by atoms with Gasteiger partial charge in [-0.15, -0.1) is 0 Å². The van der Waals surface area contributed by atoms with Crippen molar-refractivity contribution < 1.29 is 47.5 Å². The van der Waals surface area contributed by atoms with Crippen LogP contribution < -0.4 is 10.4 Å². The first-order valence-electron chi connectivity index (χ1n) is 17.5. The summed E-state index contributed by atoms with van der Waals surface area (Å²) in [5.74, 6) is -4.41. The van der Waals surface area contributed by atoms with E-state index in [9.17, 15) is 14.7 Å². The molecule has 2 bridgehead atoms. The number of hydrogen-bond donors (Lipinski definition) is 1. The van der Waals surface area contributed by atoms with Crippen molar-refractivity contribution in [2.45, 2.75) is 57.0 Å². The van der Waals surface area contributed by atoms with Gasteiger partial charge in [0.25, 0.3) is 8.32 Å². The number of rotatable bonds is 17. The van der Waals surface area contributed by atoms with Crippen molar-refractivity contribution in [1.29, 1.82) is 0 Å². The molecule has 1 aliphatic carbocycles. The summed E-state index contributed by atoms with van der Waals surface area (Å²) in [7, 11) is -0.0103. The molecular formula is C39H52O10Si. The van der Waals surface area contributed by atoms with E-state index >= 15 is 0 Å². The summed E-state index contributed by atoms with van der Waals surface area (Å²) in [6.45, 7) is 12.5. The van der Waals surface area contributed by atoms with Gasteiger partial charge in [0.05, 0.1) is 57.1 Å². The highest BCUT2D eigenvalue weighted by atomic mass is 28.4. The number of carbonyl (C=O) groups is 2. The molecule has 272 valence electrons. The molecule has 1 spiro atoms. The van der Waals surface area contributed by atoms with Crippen LogP contribution in [0, 0.1) is 23.7 Å². The third kappa shape index (κ3) is 7.41. The normalized spacial score (nSPS) is 25.3. The minimum absolute atomic E-state index is 0.0966. The van der Waals surface area contributed by atoms with E-state index < -0.39 is 44.0 Å². The quantitative estimate of drug-likeness (QED) is 0.0642. The average molecular weight is 709 g/mol. The first kappa shape index (κ1) is 38.1. The zero-order chi connectivity index (χ0) is 35.9. The summed E-state index contributed by atoms with van der Waals surface area (Å²) in [6, 6.07) is 20.7. The Labute approximate surface area is 296 Å². The lowest BCUT2D eigenvalue weighted by Crippen LogP contribution is -2.66. The van der Waals surface area contributed by atoms with Gasteiger partial charge < -0.3 is 38.0 Å². The van der Waals surface area contributed by atoms with Crippen LogP contribution in [0.5, 0.6) is 0 Å². The van der Waals surface area contributed by atoms with Crippen molar-refractivity contribution >= 4 is 30.6 Å². The Morgan fingerprint density at radius 3 is 2.22 bits per heavy atom. The number of hydrogen-bond acceptors (Lipinski definition) is 10. The van der Waals surface area contributed by atoms with Crippen molar-refractivity contribution in [3.63, 3.8) is 0 Å². The van der Waals surface area contributed by atoms with E-state index in [1.165, 1.54) is 7.11 Å². The second-order valence-corrected chi connectivity index (χ2v) is 18.5. The van der Waals surface area contributed by atoms with Crippen molar-refractivity contribution in [2.24, 2.45) is 23.7 Å². The Morgan fingerprint density at radius 1 is 0.980 bits per heavy atom. The monoisotopic (exact) mass is 708 g/mol. The molecule has 0 amide bonds. The van der Waals surface area contributed by atoms with Crippen LogP contribution in [-0.4, -0.2) is 91.3 Å². The van der Waals surface area contributed by atoms with Crippen LogP contribution in [-0.2, 0) is 42.4 Å². The van der Waals surface area contributed by atoms with Gasteiger partial charge in [0.2, 0.25) is 5.79 Å². The zero-order valence-electron chi connectivity index (χ0n) is 29.9. The van der Waals surface area contributed by atoms with E-state index in [1.54, 1.807) is 7.11 Å². The molecule has 1 N–H and O–H groups in total. The molecule has 2 aromatic rings. The van der Waals surface area contributed by atoms with Gasteiger partial charge in [0.15, 0.2) is 0 Å². The van der Waals surface area contributed by atoms with Gasteiger partial charge in [-0.1, -0.05) is 94.1 Å². The molecule has 5 rings (SSSR count). The topological polar surface area (TPSA) is 119 Å². The van der Waals surface area contributed by atoms with Gasteiger partial charge in [0.1, 0.15) is 6.79 Å². The van der Waals surface area contributed by atoms with Gasteiger partial charge in [-0.3, -0.25) is 4.79 Å². The fourth-order valence-electron chi connectivity index (χ4n) is 8.11. The van der Waals surface area contributed by atoms with E-state index in [1.807, 2.05) is 36.4 Å². The molecule has 11 heteroatoms. The third-order valence-electron chi connectivity index (χ3n) is 10.4. The minimum atomic E-state index is -2.87. The average Bonchev–Trinajstić information content (AvgIpc) is 3.37. The Bertz CT molecular complexity index is 1450. The number of aliphatic hydroxyl groups is 1. The molecule has 0 radical (unpaired) electrons. The van der Waals surface area contributed by atoms with Gasteiger partial charge >= 0.3 is 11.9 Å². The highest BCUT2D eigenvalue weighted by molar-refractivity contribution is 6.99. The lowest BCUT2D eigenvalue weighted by atomic mass is 9.62. The second-order valence-electron chi connectivity index (χ2n) is 14.2. The number of fused-ring (bicyclic) bond motifs is 1. The van der Waals surface area contributed by atoms with Crippen molar-refractivity contribution in [1.82, 2.24) is 0 Å². The van der Waals surface area contributed by atoms with Gasteiger partial charge in [0, 0.05) is 19.3 Å². The zero-order valence-corrected chi connectivity index (χ0v) is 30.9. The summed E-state index contributed by atoms with van der Waals surface area (Å²) in [4.78, 5) is 26.5.